The van der Waals surface area contributed by atoms with E-state index in [1.54, 1.807) is 4.90 Å². The summed E-state index contributed by atoms with van der Waals surface area (Å²) in [6.45, 7) is 6.23. The van der Waals surface area contributed by atoms with Crippen LogP contribution < -0.4 is 9.62 Å². The van der Waals surface area contributed by atoms with Gasteiger partial charge in [-0.25, -0.2) is 8.42 Å². The van der Waals surface area contributed by atoms with Crippen molar-refractivity contribution in [3.8, 4) is 0 Å². The van der Waals surface area contributed by atoms with Gasteiger partial charge in [0, 0.05) is 13.1 Å². The minimum Gasteiger partial charge on any atom is -0.354 e. The van der Waals surface area contributed by atoms with E-state index < -0.39 is 22.0 Å². The summed E-state index contributed by atoms with van der Waals surface area (Å²) in [5, 5.41) is 2.93. The van der Waals surface area contributed by atoms with Crippen LogP contribution >= 0.6 is 0 Å². The summed E-state index contributed by atoms with van der Waals surface area (Å²) in [5.41, 5.74) is 3.95. The zero-order valence-corrected chi connectivity index (χ0v) is 26.5. The number of hydrogen-bond acceptors (Lipinski definition) is 4. The quantitative estimate of drug-likeness (QED) is 0.349. The lowest BCUT2D eigenvalue weighted by atomic mass is 9.48. The Kier molecular flexibility index (Phi) is 9.02. The number of carbonyl (C=O) groups is 2. The summed E-state index contributed by atoms with van der Waals surface area (Å²) in [7, 11) is -3.77. The minimum absolute atomic E-state index is 0.212. The summed E-state index contributed by atoms with van der Waals surface area (Å²) in [6.07, 6.45) is 10.2. The van der Waals surface area contributed by atoms with Crippen LogP contribution in [0.2, 0.25) is 0 Å². The molecule has 1 N–H and O–H groups in total. The van der Waals surface area contributed by atoms with Gasteiger partial charge in [-0.1, -0.05) is 50.2 Å². The lowest BCUT2D eigenvalue weighted by molar-refractivity contribution is -0.140. The van der Waals surface area contributed by atoms with Gasteiger partial charge < -0.3 is 10.2 Å². The van der Waals surface area contributed by atoms with E-state index in [9.17, 15) is 18.0 Å². The van der Waals surface area contributed by atoms with Crippen molar-refractivity contribution in [3.63, 3.8) is 0 Å². The summed E-state index contributed by atoms with van der Waals surface area (Å²) in [4.78, 5) is 28.7. The Morgan fingerprint density at radius 2 is 1.55 bits per heavy atom. The minimum atomic E-state index is -3.77. The van der Waals surface area contributed by atoms with Gasteiger partial charge in [-0.15, -0.1) is 0 Å². The number of sulfonamides is 1. The number of anilines is 1. The van der Waals surface area contributed by atoms with Crippen LogP contribution in [0.15, 0.2) is 48.5 Å². The molecule has 0 heterocycles. The van der Waals surface area contributed by atoms with Crippen molar-refractivity contribution in [1.82, 2.24) is 10.2 Å². The Bertz CT molecular complexity index is 1350. The van der Waals surface area contributed by atoms with E-state index in [1.165, 1.54) is 48.4 Å². The normalized spacial score (nSPS) is 25.2. The van der Waals surface area contributed by atoms with Crippen LogP contribution in [0.3, 0.4) is 0 Å². The smallest absolute Gasteiger partial charge is 0.244 e. The summed E-state index contributed by atoms with van der Waals surface area (Å²) in [6, 6.07) is 15.0. The van der Waals surface area contributed by atoms with Crippen molar-refractivity contribution < 1.29 is 18.0 Å². The molecule has 2 aromatic carbocycles. The summed E-state index contributed by atoms with van der Waals surface area (Å²) >= 11 is 0. The highest BCUT2D eigenvalue weighted by Gasteiger charge is 2.51. The molecule has 228 valence electrons. The van der Waals surface area contributed by atoms with Crippen molar-refractivity contribution in [2.45, 2.75) is 90.1 Å². The average Bonchev–Trinajstić information content (AvgIpc) is 2.94. The monoisotopic (exact) mass is 593 g/mol. The lowest BCUT2D eigenvalue weighted by Gasteiger charge is -2.57. The first-order chi connectivity index (χ1) is 20.0. The van der Waals surface area contributed by atoms with E-state index in [1.807, 2.05) is 57.2 Å². The predicted octanol–water partition coefficient (Wildman–Crippen LogP) is 5.56. The first-order valence-electron chi connectivity index (χ1n) is 15.7. The number of carbonyl (C=O) groups excluding carboxylic acids is 2. The topological polar surface area (TPSA) is 86.8 Å². The zero-order chi connectivity index (χ0) is 30.1. The third-order valence-electron chi connectivity index (χ3n) is 10.0. The fourth-order valence-electron chi connectivity index (χ4n) is 8.32. The maximum Gasteiger partial charge on any atom is 0.244 e. The van der Waals surface area contributed by atoms with Crippen LogP contribution in [-0.4, -0.2) is 50.5 Å². The molecule has 4 fully saturated rings. The van der Waals surface area contributed by atoms with E-state index >= 15 is 0 Å². The van der Waals surface area contributed by atoms with Crippen LogP contribution in [-0.2, 0) is 31.6 Å². The van der Waals surface area contributed by atoms with Crippen LogP contribution in [0, 0.1) is 24.7 Å². The molecule has 2 aromatic rings. The maximum atomic E-state index is 14.0. The predicted molar refractivity (Wildman–Crippen MR) is 168 cm³/mol. The molecule has 0 aliphatic heterocycles. The molecule has 42 heavy (non-hydrogen) atoms. The maximum absolute atomic E-state index is 14.0. The molecule has 4 bridgehead atoms. The highest BCUT2D eigenvalue weighted by Crippen LogP contribution is 2.60. The average molecular weight is 594 g/mol. The highest BCUT2D eigenvalue weighted by molar-refractivity contribution is 7.92. The molecular formula is C34H47N3O4S. The molecule has 1 atom stereocenters. The molecular weight excluding hydrogens is 546 g/mol. The van der Waals surface area contributed by atoms with Gasteiger partial charge in [0.2, 0.25) is 21.8 Å². The van der Waals surface area contributed by atoms with Crippen molar-refractivity contribution in [3.05, 3.63) is 65.2 Å². The van der Waals surface area contributed by atoms with Crippen molar-refractivity contribution >= 4 is 27.5 Å². The van der Waals surface area contributed by atoms with E-state index in [0.717, 1.165) is 41.6 Å². The Labute approximate surface area is 252 Å². The van der Waals surface area contributed by atoms with E-state index in [0.29, 0.717) is 18.7 Å². The van der Waals surface area contributed by atoms with Gasteiger partial charge in [-0.05, 0) is 110 Å². The second-order valence-electron chi connectivity index (χ2n) is 13.2. The van der Waals surface area contributed by atoms with E-state index in [4.69, 9.17) is 0 Å². The lowest BCUT2D eigenvalue weighted by Crippen LogP contribution is -2.52. The third kappa shape index (κ3) is 6.38. The van der Waals surface area contributed by atoms with Crippen molar-refractivity contribution in [1.29, 1.82) is 0 Å². The number of hydrogen-bond donors (Lipinski definition) is 1. The van der Waals surface area contributed by atoms with Gasteiger partial charge in [-0.2, -0.15) is 0 Å². The molecule has 6 rings (SSSR count). The van der Waals surface area contributed by atoms with Crippen LogP contribution in [0.5, 0.6) is 0 Å². The van der Waals surface area contributed by atoms with Gasteiger partial charge in [0.15, 0.2) is 0 Å². The molecule has 0 unspecified atom stereocenters. The van der Waals surface area contributed by atoms with Crippen LogP contribution in [0.25, 0.3) is 0 Å². The molecule has 4 aliphatic rings. The summed E-state index contributed by atoms with van der Waals surface area (Å²) < 4.78 is 27.4. The van der Waals surface area contributed by atoms with Crippen molar-refractivity contribution in [2.24, 2.45) is 17.8 Å². The Hall–Kier alpha value is -2.87. The molecule has 4 aliphatic carbocycles. The van der Waals surface area contributed by atoms with Gasteiger partial charge in [0.1, 0.15) is 12.6 Å². The van der Waals surface area contributed by atoms with Gasteiger partial charge in [-0.3, -0.25) is 13.9 Å². The van der Waals surface area contributed by atoms with E-state index in [2.05, 4.69) is 17.4 Å². The zero-order valence-electron chi connectivity index (χ0n) is 25.6. The van der Waals surface area contributed by atoms with Crippen LogP contribution in [0.1, 0.15) is 81.9 Å². The Morgan fingerprint density at radius 3 is 2.07 bits per heavy atom. The van der Waals surface area contributed by atoms with E-state index in [-0.39, 0.29) is 24.4 Å². The number of rotatable bonds is 12. The first-order valence-corrected chi connectivity index (χ1v) is 17.6. The standard InChI is InChI=1S/C34H47N3O4S/c1-5-15-35-33(39)31(6-2)36(22-28-10-8-7-9-24(28)3)32(38)23-37(42(4,40)41)30-13-11-29(12-14-30)34-19-25-16-26(20-34)18-27(17-25)21-34/h7-14,25-27,31H,5-6,15-23H2,1-4H3,(H,35,39)/t25?,26?,27?,31-,34?/m1/s1. The molecule has 7 nitrogen and oxygen atoms in total. The second-order valence-corrected chi connectivity index (χ2v) is 15.1. The first kappa shape index (κ1) is 30.6. The Morgan fingerprint density at radius 1 is 0.952 bits per heavy atom. The molecule has 0 spiro atoms. The number of aryl methyl sites for hydroxylation is 1. The molecule has 0 saturated heterocycles. The number of benzene rings is 2. The molecule has 2 amide bonds. The van der Waals surface area contributed by atoms with Gasteiger partial charge in [0.25, 0.3) is 0 Å². The SMILES string of the molecule is CCCNC(=O)[C@@H](CC)N(Cc1ccccc1C)C(=O)CN(c1ccc(C23CC4CC(CC(C4)C2)C3)cc1)S(C)(=O)=O. The molecule has 0 aromatic heterocycles. The van der Waals surface area contributed by atoms with Gasteiger partial charge in [0.05, 0.1) is 11.9 Å². The molecule has 4 saturated carbocycles. The van der Waals surface area contributed by atoms with Gasteiger partial charge >= 0.3 is 0 Å². The Balaban J connectivity index is 1.40. The number of nitrogens with one attached hydrogen (secondary N) is 1. The summed E-state index contributed by atoms with van der Waals surface area (Å²) in [5.74, 6) is 1.85. The number of nitrogens with zero attached hydrogens (tertiary/aromatic N) is 2. The van der Waals surface area contributed by atoms with Crippen LogP contribution in [0.4, 0.5) is 5.69 Å². The number of amides is 2. The largest absolute Gasteiger partial charge is 0.354 e. The third-order valence-corrected chi connectivity index (χ3v) is 11.2. The highest BCUT2D eigenvalue weighted by atomic mass is 32.2. The second kappa shape index (κ2) is 12.4. The molecule has 0 radical (unpaired) electrons. The molecule has 8 heteroatoms. The fraction of sp³-hybridized carbons (Fsp3) is 0.588. The van der Waals surface area contributed by atoms with Crippen molar-refractivity contribution in [2.75, 3.05) is 23.7 Å². The fourth-order valence-corrected chi connectivity index (χ4v) is 9.17.